The minimum absolute atomic E-state index is 0.0530. The van der Waals surface area contributed by atoms with E-state index in [0.717, 1.165) is 0 Å². The third-order valence-electron chi connectivity index (χ3n) is 2.51. The monoisotopic (exact) mass is 268 g/mol. The first-order valence-corrected chi connectivity index (χ1v) is 5.66. The SMILES string of the molecule is COCCN(CC(=O)O)c1cc(C)cc([N+](=O)[O-])c1. The van der Waals surface area contributed by atoms with Crippen LogP contribution in [-0.4, -0.2) is 42.8 Å². The van der Waals surface area contributed by atoms with E-state index >= 15 is 0 Å². The molecular formula is C12H16N2O5. The van der Waals surface area contributed by atoms with Crippen molar-refractivity contribution in [3.63, 3.8) is 0 Å². The second-order valence-corrected chi connectivity index (χ2v) is 4.09. The van der Waals surface area contributed by atoms with E-state index in [2.05, 4.69) is 0 Å². The lowest BCUT2D eigenvalue weighted by Crippen LogP contribution is -2.32. The standard InChI is InChI=1S/C12H16N2O5/c1-9-5-10(7-11(6-9)14(17)18)13(3-4-19-2)8-12(15)16/h5-7H,3-4,8H2,1-2H3,(H,15,16). The molecule has 0 amide bonds. The summed E-state index contributed by atoms with van der Waals surface area (Å²) in [5.41, 5.74) is 1.16. The number of nitro groups is 1. The van der Waals surface area contributed by atoms with Gasteiger partial charge in [0.2, 0.25) is 0 Å². The molecule has 7 heteroatoms. The van der Waals surface area contributed by atoms with Crippen molar-refractivity contribution in [1.82, 2.24) is 0 Å². The quantitative estimate of drug-likeness (QED) is 0.594. The van der Waals surface area contributed by atoms with Crippen molar-refractivity contribution < 1.29 is 19.6 Å². The van der Waals surface area contributed by atoms with Gasteiger partial charge in [-0.15, -0.1) is 0 Å². The van der Waals surface area contributed by atoms with E-state index in [1.807, 2.05) is 0 Å². The summed E-state index contributed by atoms with van der Waals surface area (Å²) >= 11 is 0. The molecule has 0 bridgehead atoms. The molecule has 0 saturated heterocycles. The third-order valence-corrected chi connectivity index (χ3v) is 2.51. The minimum atomic E-state index is -1.000. The second-order valence-electron chi connectivity index (χ2n) is 4.09. The van der Waals surface area contributed by atoms with Gasteiger partial charge in [0, 0.05) is 31.5 Å². The van der Waals surface area contributed by atoms with E-state index in [9.17, 15) is 14.9 Å². The zero-order valence-electron chi connectivity index (χ0n) is 10.8. The van der Waals surface area contributed by atoms with E-state index in [-0.39, 0.29) is 12.2 Å². The molecule has 1 N–H and O–H groups in total. The highest BCUT2D eigenvalue weighted by atomic mass is 16.6. The molecule has 0 aromatic heterocycles. The summed E-state index contributed by atoms with van der Waals surface area (Å²) in [4.78, 5) is 22.7. The highest BCUT2D eigenvalue weighted by molar-refractivity contribution is 5.74. The molecule has 104 valence electrons. The third kappa shape index (κ3) is 4.55. The van der Waals surface area contributed by atoms with Crippen LogP contribution in [0.1, 0.15) is 5.56 Å². The molecule has 0 spiro atoms. The maximum atomic E-state index is 10.8. The van der Waals surface area contributed by atoms with Crippen LogP contribution in [-0.2, 0) is 9.53 Å². The van der Waals surface area contributed by atoms with E-state index in [4.69, 9.17) is 9.84 Å². The number of nitro benzene ring substituents is 1. The summed E-state index contributed by atoms with van der Waals surface area (Å²) in [6, 6.07) is 4.52. The molecule has 1 aromatic carbocycles. The number of rotatable bonds is 7. The summed E-state index contributed by atoms with van der Waals surface area (Å²) in [6.45, 7) is 2.19. The van der Waals surface area contributed by atoms with Gasteiger partial charge in [0.1, 0.15) is 6.54 Å². The second kappa shape index (κ2) is 6.69. The zero-order chi connectivity index (χ0) is 14.4. The molecule has 7 nitrogen and oxygen atoms in total. The molecule has 0 aliphatic rings. The van der Waals surface area contributed by atoms with Crippen LogP contribution < -0.4 is 4.90 Å². The Morgan fingerprint density at radius 1 is 1.47 bits per heavy atom. The first-order chi connectivity index (χ1) is 8.93. The summed E-state index contributed by atoms with van der Waals surface area (Å²) in [7, 11) is 1.51. The fourth-order valence-corrected chi connectivity index (χ4v) is 1.70. The Bertz CT molecular complexity index is 475. The Morgan fingerprint density at radius 2 is 2.16 bits per heavy atom. The molecule has 0 saturated carbocycles. The van der Waals surface area contributed by atoms with Gasteiger partial charge in [-0.05, 0) is 18.6 Å². The molecular weight excluding hydrogens is 252 g/mol. The lowest BCUT2D eigenvalue weighted by molar-refractivity contribution is -0.384. The van der Waals surface area contributed by atoms with Gasteiger partial charge in [-0.1, -0.05) is 0 Å². The topological polar surface area (TPSA) is 92.9 Å². The van der Waals surface area contributed by atoms with Gasteiger partial charge in [-0.2, -0.15) is 0 Å². The number of carboxylic acid groups (broad SMARTS) is 1. The highest BCUT2D eigenvalue weighted by Crippen LogP contribution is 2.23. The minimum Gasteiger partial charge on any atom is -0.480 e. The maximum Gasteiger partial charge on any atom is 0.323 e. The van der Waals surface area contributed by atoms with Crippen LogP contribution >= 0.6 is 0 Å². The number of methoxy groups -OCH3 is 1. The molecule has 0 unspecified atom stereocenters. The van der Waals surface area contributed by atoms with Crippen molar-refractivity contribution in [2.24, 2.45) is 0 Å². The number of aliphatic carboxylic acids is 1. The van der Waals surface area contributed by atoms with Crippen molar-refractivity contribution in [2.45, 2.75) is 6.92 Å². The predicted octanol–water partition coefficient (Wildman–Crippen LogP) is 1.44. The van der Waals surface area contributed by atoms with Gasteiger partial charge in [0.05, 0.1) is 11.5 Å². The zero-order valence-corrected chi connectivity index (χ0v) is 10.8. The van der Waals surface area contributed by atoms with Crippen molar-refractivity contribution in [3.8, 4) is 0 Å². The van der Waals surface area contributed by atoms with Gasteiger partial charge in [-0.3, -0.25) is 14.9 Å². The Kier molecular flexibility index (Phi) is 5.25. The Morgan fingerprint density at radius 3 is 2.68 bits per heavy atom. The number of carbonyl (C=O) groups is 1. The Hall–Kier alpha value is -2.15. The van der Waals surface area contributed by atoms with Crippen molar-refractivity contribution >= 4 is 17.3 Å². The Balaban J connectivity index is 3.05. The lowest BCUT2D eigenvalue weighted by Gasteiger charge is -2.22. The van der Waals surface area contributed by atoms with Crippen LogP contribution in [0.2, 0.25) is 0 Å². The van der Waals surface area contributed by atoms with Crippen LogP contribution in [0.25, 0.3) is 0 Å². The van der Waals surface area contributed by atoms with Gasteiger partial charge in [-0.25, -0.2) is 0 Å². The first-order valence-electron chi connectivity index (χ1n) is 5.66. The van der Waals surface area contributed by atoms with Crippen LogP contribution in [0.4, 0.5) is 11.4 Å². The number of nitrogens with zero attached hydrogens (tertiary/aromatic N) is 2. The molecule has 0 fully saturated rings. The molecule has 1 aromatic rings. The predicted molar refractivity (Wildman–Crippen MR) is 69.6 cm³/mol. The van der Waals surface area contributed by atoms with Gasteiger partial charge in [0.25, 0.3) is 5.69 Å². The molecule has 0 aliphatic heterocycles. The van der Waals surface area contributed by atoms with Gasteiger partial charge >= 0.3 is 5.97 Å². The molecule has 0 radical (unpaired) electrons. The number of benzene rings is 1. The van der Waals surface area contributed by atoms with Crippen molar-refractivity contribution in [2.75, 3.05) is 31.7 Å². The summed E-state index contributed by atoms with van der Waals surface area (Å²) in [6.07, 6.45) is 0. The summed E-state index contributed by atoms with van der Waals surface area (Å²) in [5, 5.41) is 19.7. The van der Waals surface area contributed by atoms with E-state index in [1.54, 1.807) is 13.0 Å². The molecule has 0 aliphatic carbocycles. The average Bonchev–Trinajstić information content (AvgIpc) is 2.33. The fraction of sp³-hybridized carbons (Fsp3) is 0.417. The lowest BCUT2D eigenvalue weighted by atomic mass is 10.2. The number of hydrogen-bond acceptors (Lipinski definition) is 5. The van der Waals surface area contributed by atoms with Crippen molar-refractivity contribution in [3.05, 3.63) is 33.9 Å². The maximum absolute atomic E-state index is 10.8. The number of non-ortho nitro benzene ring substituents is 1. The first kappa shape index (κ1) is 14.9. The molecule has 1 rings (SSSR count). The van der Waals surface area contributed by atoms with E-state index in [1.165, 1.54) is 24.1 Å². The number of ether oxygens (including phenoxy) is 1. The Labute approximate surface area is 110 Å². The van der Waals surface area contributed by atoms with Gasteiger partial charge in [0.15, 0.2) is 0 Å². The number of aryl methyl sites for hydroxylation is 1. The smallest absolute Gasteiger partial charge is 0.323 e. The van der Waals surface area contributed by atoms with Gasteiger partial charge < -0.3 is 14.7 Å². The summed E-state index contributed by atoms with van der Waals surface area (Å²) < 4.78 is 4.91. The molecule has 0 heterocycles. The molecule has 19 heavy (non-hydrogen) atoms. The highest BCUT2D eigenvalue weighted by Gasteiger charge is 2.15. The van der Waals surface area contributed by atoms with E-state index < -0.39 is 10.9 Å². The normalized spacial score (nSPS) is 10.2. The van der Waals surface area contributed by atoms with Crippen LogP contribution in [0.15, 0.2) is 18.2 Å². The number of hydrogen-bond donors (Lipinski definition) is 1. The van der Waals surface area contributed by atoms with E-state index in [0.29, 0.717) is 24.4 Å². The number of anilines is 1. The van der Waals surface area contributed by atoms with Crippen LogP contribution in [0, 0.1) is 17.0 Å². The number of carboxylic acids is 1. The molecule has 0 atom stereocenters. The fourth-order valence-electron chi connectivity index (χ4n) is 1.70. The van der Waals surface area contributed by atoms with Crippen LogP contribution in [0.3, 0.4) is 0 Å². The largest absolute Gasteiger partial charge is 0.480 e. The van der Waals surface area contributed by atoms with Crippen molar-refractivity contribution in [1.29, 1.82) is 0 Å². The van der Waals surface area contributed by atoms with Crippen LogP contribution in [0.5, 0.6) is 0 Å². The average molecular weight is 268 g/mol. The summed E-state index contributed by atoms with van der Waals surface area (Å²) in [5.74, 6) is -1.000.